The smallest absolute Gasteiger partial charge is 0.234 e. The molecule has 14 aromatic rings. The lowest BCUT2D eigenvalue weighted by atomic mass is 9.84. The molecule has 12 aromatic carbocycles. The van der Waals surface area contributed by atoms with E-state index in [1.165, 1.54) is 0 Å². The third-order valence-corrected chi connectivity index (χ3v) is 15.4. The molecule has 2 aromatic heterocycles. The summed E-state index contributed by atoms with van der Waals surface area (Å²) in [7, 11) is 0. The molecule has 0 saturated carbocycles. The molecule has 1 aliphatic carbocycles. The van der Waals surface area contributed by atoms with Crippen LogP contribution in [0.15, 0.2) is 267 Å². The Labute approximate surface area is 480 Å². The summed E-state index contributed by atoms with van der Waals surface area (Å²) in [6, 6.07) is 91.1. The van der Waals surface area contributed by atoms with Gasteiger partial charge < -0.3 is 9.80 Å². The third kappa shape index (κ3) is 9.10. The number of aromatic nitrogens is 5. The Kier molecular flexibility index (Phi) is 12.9. The van der Waals surface area contributed by atoms with Gasteiger partial charge in [0, 0.05) is 84.1 Å². The largest absolute Gasteiger partial charge is 0.311 e. The fraction of sp³-hybridized carbons (Fsp3) is 0.0541. The van der Waals surface area contributed by atoms with Crippen LogP contribution in [0.3, 0.4) is 0 Å². The zero-order valence-electron chi connectivity index (χ0n) is 45.6. The number of carbonyl (C=O) groups excluding carboxylic acids is 2. The molecular formula is C74H53N7O2. The highest BCUT2D eigenvalue weighted by molar-refractivity contribution is 6.53. The molecule has 83 heavy (non-hydrogen) atoms. The quantitative estimate of drug-likeness (QED) is 0.0578. The molecule has 0 N–H and O–H groups in total. The Balaban J connectivity index is 0.000000329. The number of hydrogen-bond donors (Lipinski definition) is 0. The highest BCUT2D eigenvalue weighted by Gasteiger charge is 2.30. The Bertz CT molecular complexity index is 4380. The van der Waals surface area contributed by atoms with E-state index in [0.717, 1.165) is 122 Å². The molecule has 2 heterocycles. The zero-order valence-corrected chi connectivity index (χ0v) is 45.6. The lowest BCUT2D eigenvalue weighted by Crippen LogP contribution is -2.42. The molecule has 396 valence electrons. The van der Waals surface area contributed by atoms with Gasteiger partial charge in [0.2, 0.25) is 11.6 Å². The topological polar surface area (TPSA) is 97.3 Å². The van der Waals surface area contributed by atoms with E-state index in [1.54, 1.807) is 24.3 Å². The molecule has 0 saturated heterocycles. The molecule has 0 aliphatic heterocycles. The second-order valence-electron chi connectivity index (χ2n) is 21.2. The maximum Gasteiger partial charge on any atom is 0.234 e. The predicted octanol–water partition coefficient (Wildman–Crippen LogP) is 17.5. The number of benzene rings is 12. The molecule has 15 rings (SSSR count). The zero-order chi connectivity index (χ0) is 56.0. The number of carbonyl (C=O) groups is 2. The van der Waals surface area contributed by atoms with Crippen molar-refractivity contribution < 1.29 is 14.4 Å². The summed E-state index contributed by atoms with van der Waals surface area (Å²) in [5.74, 6) is -0.495. The van der Waals surface area contributed by atoms with Gasteiger partial charge in [0.15, 0.2) is 6.54 Å². The molecule has 9 heteroatoms. The van der Waals surface area contributed by atoms with Crippen molar-refractivity contribution >= 4 is 100 Å². The minimum atomic E-state index is -0.408. The first-order valence-corrected chi connectivity index (χ1v) is 28.0. The predicted molar refractivity (Wildman–Crippen MR) is 336 cm³/mol. The summed E-state index contributed by atoms with van der Waals surface area (Å²) < 4.78 is 0. The lowest BCUT2D eigenvalue weighted by molar-refractivity contribution is -0.808. The van der Waals surface area contributed by atoms with Gasteiger partial charge in [-0.05, 0) is 106 Å². The van der Waals surface area contributed by atoms with E-state index < -0.39 is 11.6 Å². The molecule has 0 unspecified atom stereocenters. The fourth-order valence-electron chi connectivity index (χ4n) is 11.7. The van der Waals surface area contributed by atoms with Crippen molar-refractivity contribution in [2.24, 2.45) is 5.92 Å². The van der Waals surface area contributed by atoms with Crippen molar-refractivity contribution in [3.63, 3.8) is 0 Å². The van der Waals surface area contributed by atoms with Crippen LogP contribution in [0.4, 0.5) is 34.1 Å². The van der Waals surface area contributed by atoms with Gasteiger partial charge in [-0.25, -0.2) is 9.97 Å². The van der Waals surface area contributed by atoms with Crippen LogP contribution in [0.1, 0.15) is 34.6 Å². The van der Waals surface area contributed by atoms with E-state index >= 15 is 0 Å². The van der Waals surface area contributed by atoms with Crippen LogP contribution in [0.5, 0.6) is 0 Å². The first-order valence-electron chi connectivity index (χ1n) is 28.0. The fourth-order valence-corrected chi connectivity index (χ4v) is 11.7. The van der Waals surface area contributed by atoms with E-state index in [2.05, 4.69) is 242 Å². The molecular weight excluding hydrogens is 1020 g/mol. The highest BCUT2D eigenvalue weighted by Crippen LogP contribution is 2.45. The number of ketones is 2. The van der Waals surface area contributed by atoms with Crippen LogP contribution in [0.25, 0.3) is 88.0 Å². The normalized spacial score (nSPS) is 11.9. The van der Waals surface area contributed by atoms with Crippen molar-refractivity contribution in [2.45, 2.75) is 20.4 Å². The minimum absolute atomic E-state index is 0.321. The van der Waals surface area contributed by atoms with E-state index in [-0.39, 0.29) is 0 Å². The average molecular weight is 1070 g/mol. The SMILES string of the molecule is CC(C)C[n+]1nc2c(-c3ccc(N(c4ccccc4)c4ccccc4)cc3)c3nc4c5ccccc5c5ccccc5c4nc3c(-c3ccc(N(c4ccccc4)c4ccccc4)cc3)c2[n-]1.O=C1C(=O)c2ccccc2-c2ccccc21. The van der Waals surface area contributed by atoms with Crippen molar-refractivity contribution in [1.29, 1.82) is 0 Å². The molecule has 9 nitrogen and oxygen atoms in total. The van der Waals surface area contributed by atoms with Gasteiger partial charge in [-0.2, -0.15) is 15.0 Å². The summed E-state index contributed by atoms with van der Waals surface area (Å²) in [4.78, 5) is 41.6. The van der Waals surface area contributed by atoms with Gasteiger partial charge in [-0.15, -0.1) is 0 Å². The highest BCUT2D eigenvalue weighted by atomic mass is 16.2. The first-order chi connectivity index (χ1) is 40.9. The summed E-state index contributed by atoms with van der Waals surface area (Å²) in [5, 5.41) is 15.1. The maximum absolute atomic E-state index is 11.8. The summed E-state index contributed by atoms with van der Waals surface area (Å²) >= 11 is 0. The van der Waals surface area contributed by atoms with Crippen LogP contribution in [0.2, 0.25) is 0 Å². The van der Waals surface area contributed by atoms with Crippen LogP contribution in [0, 0.1) is 5.92 Å². The Hall–Kier alpha value is -10.9. The van der Waals surface area contributed by atoms with E-state index in [0.29, 0.717) is 23.6 Å². The van der Waals surface area contributed by atoms with Crippen molar-refractivity contribution in [1.82, 2.24) is 20.2 Å². The van der Waals surface area contributed by atoms with Gasteiger partial charge >= 0.3 is 0 Å². The standard InChI is InChI=1S/C60H45N7.C14H8O2/c1-40(2)39-65-63-59-53(41-31-35-47(36-32-41)66(43-19-7-3-8-20-43)44-21-9-4-10-22-44)57-58(62-56-52-30-18-16-28-50(52)49-27-15-17-29-51(49)55(56)61-57)54(60(59)64-65)42-33-37-48(38-34-42)67(45-23-11-5-12-24-45)46-25-13-6-14-26-46;15-13-11-7-3-1-5-9(11)10-6-2-4-8-12(10)14(13)16/h3-38,40H,39H2,1-2H3;1-8H. The number of anilines is 6. The first kappa shape index (κ1) is 50.3. The number of fused-ring (bicyclic) bond motifs is 11. The number of hydrogen-bond acceptors (Lipinski definition) is 7. The lowest BCUT2D eigenvalue weighted by Gasteiger charge is -2.26. The number of para-hydroxylation sites is 4. The van der Waals surface area contributed by atoms with E-state index in [1.807, 2.05) is 29.1 Å². The molecule has 0 bridgehead atoms. The van der Waals surface area contributed by atoms with Crippen molar-refractivity contribution in [3.8, 4) is 33.4 Å². The molecule has 0 amide bonds. The molecule has 0 fully saturated rings. The van der Waals surface area contributed by atoms with Crippen LogP contribution in [-0.4, -0.2) is 26.6 Å². The number of rotatable bonds is 10. The Morgan fingerprint density at radius 2 is 0.675 bits per heavy atom. The van der Waals surface area contributed by atoms with E-state index in [4.69, 9.17) is 20.2 Å². The van der Waals surface area contributed by atoms with Crippen LogP contribution < -0.4 is 19.7 Å². The van der Waals surface area contributed by atoms with E-state index in [9.17, 15) is 9.59 Å². The van der Waals surface area contributed by atoms with Crippen LogP contribution in [-0.2, 0) is 6.54 Å². The second kappa shape index (κ2) is 21.3. The molecule has 1 aliphatic rings. The van der Waals surface area contributed by atoms with Gasteiger partial charge in [0.05, 0.1) is 22.1 Å². The molecule has 0 radical (unpaired) electrons. The van der Waals surface area contributed by atoms with Crippen molar-refractivity contribution in [2.75, 3.05) is 9.80 Å². The monoisotopic (exact) mass is 1070 g/mol. The summed E-state index contributed by atoms with van der Waals surface area (Å²) in [6.45, 7) is 5.06. The van der Waals surface area contributed by atoms with Gasteiger partial charge in [-0.3, -0.25) is 9.59 Å². The Morgan fingerprint density at radius 1 is 0.349 bits per heavy atom. The van der Waals surface area contributed by atoms with Gasteiger partial charge in [-0.1, -0.05) is 208 Å². The number of Topliss-reactive ketones (excluding diaryl/α,β-unsaturated/α-hetero) is 2. The summed E-state index contributed by atoms with van der Waals surface area (Å²) in [6.07, 6.45) is 0. The van der Waals surface area contributed by atoms with Gasteiger partial charge in [0.25, 0.3) is 0 Å². The maximum atomic E-state index is 11.8. The van der Waals surface area contributed by atoms with Crippen molar-refractivity contribution in [3.05, 3.63) is 278 Å². The molecule has 0 spiro atoms. The minimum Gasteiger partial charge on any atom is -0.311 e. The molecule has 0 atom stereocenters. The Morgan fingerprint density at radius 3 is 1.07 bits per heavy atom. The number of nitrogens with zero attached hydrogens (tertiary/aromatic N) is 7. The van der Waals surface area contributed by atoms with Crippen LogP contribution >= 0.6 is 0 Å². The average Bonchev–Trinajstić information content (AvgIpc) is 2.54. The second-order valence-corrected chi connectivity index (χ2v) is 21.2. The van der Waals surface area contributed by atoms with Gasteiger partial charge in [0.1, 0.15) is 0 Å². The third-order valence-electron chi connectivity index (χ3n) is 15.4. The summed E-state index contributed by atoms with van der Waals surface area (Å²) in [5.41, 5.74) is 17.7.